The van der Waals surface area contributed by atoms with Crippen molar-refractivity contribution in [3.63, 3.8) is 0 Å². The largest absolute Gasteiger partial charge is 0.372 e. The first kappa shape index (κ1) is 13.9. The first-order valence-corrected chi connectivity index (χ1v) is 7.28. The van der Waals surface area contributed by atoms with E-state index >= 15 is 0 Å². The lowest BCUT2D eigenvalue weighted by molar-refractivity contribution is -0.121. The van der Waals surface area contributed by atoms with Crippen LogP contribution < -0.4 is 10.2 Å². The molecule has 3 heteroatoms. The van der Waals surface area contributed by atoms with Crippen LogP contribution in [0.1, 0.15) is 38.7 Å². The van der Waals surface area contributed by atoms with Gasteiger partial charge in [-0.15, -0.1) is 0 Å². The second-order valence-electron chi connectivity index (χ2n) is 5.58. The number of nitrogens with zero attached hydrogens (tertiary/aromatic N) is 1. The molecule has 19 heavy (non-hydrogen) atoms. The lowest BCUT2D eigenvalue weighted by Gasteiger charge is -2.17. The maximum atomic E-state index is 11.6. The van der Waals surface area contributed by atoms with Gasteiger partial charge < -0.3 is 10.2 Å². The molecule has 1 N–H and O–H groups in total. The van der Waals surface area contributed by atoms with E-state index < -0.39 is 0 Å². The highest BCUT2D eigenvalue weighted by Crippen LogP contribution is 2.20. The van der Waals surface area contributed by atoms with Crippen molar-refractivity contribution in [2.45, 2.75) is 45.6 Å². The van der Waals surface area contributed by atoms with Crippen LogP contribution in [-0.4, -0.2) is 25.0 Å². The molecule has 2 rings (SSSR count). The first-order chi connectivity index (χ1) is 9.15. The Bertz CT molecular complexity index is 405. The molecule has 0 spiro atoms. The second-order valence-corrected chi connectivity index (χ2v) is 5.58. The number of hydrogen-bond donors (Lipinski definition) is 1. The van der Waals surface area contributed by atoms with Gasteiger partial charge in [-0.1, -0.05) is 12.1 Å². The van der Waals surface area contributed by atoms with E-state index in [2.05, 4.69) is 34.5 Å². The molecule has 1 aliphatic rings. The van der Waals surface area contributed by atoms with Gasteiger partial charge >= 0.3 is 0 Å². The molecule has 1 fully saturated rings. The minimum Gasteiger partial charge on any atom is -0.372 e. The van der Waals surface area contributed by atoms with Crippen LogP contribution in [0.4, 0.5) is 5.69 Å². The highest BCUT2D eigenvalue weighted by atomic mass is 16.1. The highest BCUT2D eigenvalue weighted by molar-refractivity contribution is 5.76. The summed E-state index contributed by atoms with van der Waals surface area (Å²) < 4.78 is 0. The van der Waals surface area contributed by atoms with Crippen LogP contribution in [0, 0.1) is 0 Å². The Morgan fingerprint density at radius 3 is 2.42 bits per heavy atom. The van der Waals surface area contributed by atoms with Crippen LogP contribution in [-0.2, 0) is 11.2 Å². The Labute approximate surface area is 116 Å². The van der Waals surface area contributed by atoms with E-state index in [1.165, 1.54) is 37.2 Å². The van der Waals surface area contributed by atoms with Crippen molar-refractivity contribution >= 4 is 11.6 Å². The fourth-order valence-electron chi connectivity index (χ4n) is 2.50. The molecular weight excluding hydrogens is 236 g/mol. The standard InChI is InChI=1S/C16H24N2O/c1-13(2)17-16(19)10-7-14-5-8-15(9-6-14)18-11-3-4-12-18/h5-6,8-9,13H,3-4,7,10-12H2,1-2H3,(H,17,19). The van der Waals surface area contributed by atoms with E-state index in [4.69, 9.17) is 0 Å². The van der Waals surface area contributed by atoms with Crippen LogP contribution in [0.3, 0.4) is 0 Å². The summed E-state index contributed by atoms with van der Waals surface area (Å²) in [7, 11) is 0. The monoisotopic (exact) mass is 260 g/mol. The number of hydrogen-bond acceptors (Lipinski definition) is 2. The molecule has 1 amide bonds. The lowest BCUT2D eigenvalue weighted by atomic mass is 10.1. The average Bonchev–Trinajstić information content (AvgIpc) is 2.90. The number of rotatable bonds is 5. The van der Waals surface area contributed by atoms with Crippen molar-refractivity contribution in [2.75, 3.05) is 18.0 Å². The van der Waals surface area contributed by atoms with E-state index in [1.54, 1.807) is 0 Å². The van der Waals surface area contributed by atoms with E-state index in [9.17, 15) is 4.79 Å². The average molecular weight is 260 g/mol. The van der Waals surface area contributed by atoms with Gasteiger partial charge in [0.25, 0.3) is 0 Å². The molecule has 0 atom stereocenters. The normalized spacial score (nSPS) is 15.0. The van der Waals surface area contributed by atoms with E-state index in [1.807, 2.05) is 13.8 Å². The Morgan fingerprint density at radius 2 is 1.84 bits per heavy atom. The van der Waals surface area contributed by atoms with Crippen LogP contribution in [0.15, 0.2) is 24.3 Å². The molecule has 0 bridgehead atoms. The minimum absolute atomic E-state index is 0.138. The maximum absolute atomic E-state index is 11.6. The summed E-state index contributed by atoms with van der Waals surface area (Å²) in [6.07, 6.45) is 3.99. The number of anilines is 1. The van der Waals surface area contributed by atoms with E-state index in [0.717, 1.165) is 6.42 Å². The number of aryl methyl sites for hydroxylation is 1. The van der Waals surface area contributed by atoms with Crippen LogP contribution in [0.2, 0.25) is 0 Å². The van der Waals surface area contributed by atoms with Crippen LogP contribution in [0.25, 0.3) is 0 Å². The van der Waals surface area contributed by atoms with Crippen LogP contribution in [0.5, 0.6) is 0 Å². The molecule has 0 saturated carbocycles. The third-order valence-electron chi connectivity index (χ3n) is 3.50. The lowest BCUT2D eigenvalue weighted by Crippen LogP contribution is -2.30. The SMILES string of the molecule is CC(C)NC(=O)CCc1ccc(N2CCCC2)cc1. The molecule has 0 aliphatic carbocycles. The summed E-state index contributed by atoms with van der Waals surface area (Å²) in [4.78, 5) is 14.0. The van der Waals surface area contributed by atoms with Gasteiger partial charge in [0.05, 0.1) is 0 Å². The minimum atomic E-state index is 0.138. The molecule has 1 aliphatic heterocycles. The smallest absolute Gasteiger partial charge is 0.220 e. The second kappa shape index (κ2) is 6.60. The van der Waals surface area contributed by atoms with Crippen LogP contribution >= 0.6 is 0 Å². The van der Waals surface area contributed by atoms with E-state index in [-0.39, 0.29) is 11.9 Å². The summed E-state index contributed by atoms with van der Waals surface area (Å²) in [6, 6.07) is 8.89. The highest BCUT2D eigenvalue weighted by Gasteiger charge is 2.11. The Balaban J connectivity index is 1.83. The number of amides is 1. The maximum Gasteiger partial charge on any atom is 0.220 e. The van der Waals surface area contributed by atoms with Gasteiger partial charge in [0, 0.05) is 31.2 Å². The summed E-state index contributed by atoms with van der Waals surface area (Å²) in [6.45, 7) is 6.33. The van der Waals surface area contributed by atoms with Gasteiger partial charge in [0.2, 0.25) is 5.91 Å². The Morgan fingerprint density at radius 1 is 1.21 bits per heavy atom. The van der Waals surface area contributed by atoms with Gasteiger partial charge in [-0.3, -0.25) is 4.79 Å². The summed E-state index contributed by atoms with van der Waals surface area (Å²) in [5, 5.41) is 2.92. The molecule has 1 aromatic rings. The predicted octanol–water partition coefficient (Wildman–Crippen LogP) is 2.74. The van der Waals surface area contributed by atoms with Gasteiger partial charge in [0.15, 0.2) is 0 Å². The van der Waals surface area contributed by atoms with Gasteiger partial charge in [-0.25, -0.2) is 0 Å². The fraction of sp³-hybridized carbons (Fsp3) is 0.562. The van der Waals surface area contributed by atoms with Gasteiger partial charge in [0.1, 0.15) is 0 Å². The quantitative estimate of drug-likeness (QED) is 0.883. The number of carbonyl (C=O) groups excluding carboxylic acids is 1. The zero-order valence-electron chi connectivity index (χ0n) is 12.0. The Hall–Kier alpha value is -1.51. The van der Waals surface area contributed by atoms with Gasteiger partial charge in [-0.2, -0.15) is 0 Å². The molecule has 1 heterocycles. The summed E-state index contributed by atoms with van der Waals surface area (Å²) in [5.41, 5.74) is 2.55. The van der Waals surface area contributed by atoms with Crippen molar-refractivity contribution in [2.24, 2.45) is 0 Å². The molecule has 3 nitrogen and oxygen atoms in total. The predicted molar refractivity (Wildman–Crippen MR) is 79.5 cm³/mol. The Kier molecular flexibility index (Phi) is 4.83. The molecule has 1 saturated heterocycles. The summed E-state index contributed by atoms with van der Waals surface area (Å²) >= 11 is 0. The number of carbonyl (C=O) groups is 1. The number of benzene rings is 1. The van der Waals surface area contributed by atoms with Crippen molar-refractivity contribution in [3.8, 4) is 0 Å². The van der Waals surface area contributed by atoms with Crippen molar-refractivity contribution in [1.29, 1.82) is 0 Å². The molecule has 0 unspecified atom stereocenters. The third-order valence-corrected chi connectivity index (χ3v) is 3.50. The topological polar surface area (TPSA) is 32.3 Å². The summed E-state index contributed by atoms with van der Waals surface area (Å²) in [5.74, 6) is 0.138. The van der Waals surface area contributed by atoms with E-state index in [0.29, 0.717) is 6.42 Å². The number of nitrogens with one attached hydrogen (secondary N) is 1. The molecule has 1 aromatic carbocycles. The zero-order valence-corrected chi connectivity index (χ0v) is 12.0. The fourth-order valence-corrected chi connectivity index (χ4v) is 2.50. The third kappa shape index (κ3) is 4.27. The molecular formula is C16H24N2O. The van der Waals surface area contributed by atoms with Crippen molar-refractivity contribution in [3.05, 3.63) is 29.8 Å². The molecule has 0 radical (unpaired) electrons. The molecule has 104 valence electrons. The van der Waals surface area contributed by atoms with Crippen molar-refractivity contribution < 1.29 is 4.79 Å². The first-order valence-electron chi connectivity index (χ1n) is 7.28. The van der Waals surface area contributed by atoms with Crippen molar-refractivity contribution in [1.82, 2.24) is 5.32 Å². The molecule has 0 aromatic heterocycles. The zero-order chi connectivity index (χ0) is 13.7. The van der Waals surface area contributed by atoms with Gasteiger partial charge in [-0.05, 0) is 50.8 Å².